The average molecular weight is 357 g/mol. The van der Waals surface area contributed by atoms with Crippen molar-refractivity contribution in [3.63, 3.8) is 0 Å². The summed E-state index contributed by atoms with van der Waals surface area (Å²) < 4.78 is 0. The number of nitrogens with one attached hydrogen (secondary N) is 1. The first-order valence-corrected chi connectivity index (χ1v) is 8.48. The Balaban J connectivity index is 2.01. The minimum Gasteiger partial charge on any atom is -0.350 e. The van der Waals surface area contributed by atoms with Gasteiger partial charge in [-0.25, -0.2) is 0 Å². The molecule has 2 rings (SSSR count). The number of rotatable bonds is 3. The zero-order valence-corrected chi connectivity index (χ0v) is 15.2. The van der Waals surface area contributed by atoms with Crippen molar-refractivity contribution < 1.29 is 9.59 Å². The molecule has 23 heavy (non-hydrogen) atoms. The molecule has 1 aliphatic rings. The largest absolute Gasteiger partial charge is 0.350 e. The summed E-state index contributed by atoms with van der Waals surface area (Å²) in [4.78, 5) is 26.6. The van der Waals surface area contributed by atoms with Gasteiger partial charge in [-0.05, 0) is 30.5 Å². The van der Waals surface area contributed by atoms with Crippen LogP contribution < -0.4 is 5.32 Å². The number of carbonyl (C=O) groups excluding carboxylic acids is 2. The molecule has 1 aliphatic heterocycles. The molecule has 1 fully saturated rings. The van der Waals surface area contributed by atoms with Gasteiger partial charge in [-0.1, -0.05) is 50.0 Å². The second-order valence-electron chi connectivity index (χ2n) is 6.86. The van der Waals surface area contributed by atoms with E-state index in [1.807, 2.05) is 20.8 Å². The van der Waals surface area contributed by atoms with E-state index < -0.39 is 11.5 Å². The lowest BCUT2D eigenvalue weighted by Gasteiger charge is -2.30. The molecule has 0 radical (unpaired) electrons. The van der Waals surface area contributed by atoms with E-state index in [0.717, 1.165) is 12.0 Å². The zero-order chi connectivity index (χ0) is 17.2. The number of amides is 2. The van der Waals surface area contributed by atoms with E-state index in [4.69, 9.17) is 23.2 Å². The normalized spacial score (nSPS) is 18.1. The van der Waals surface area contributed by atoms with Crippen LogP contribution in [0, 0.1) is 5.41 Å². The third-order valence-electron chi connectivity index (χ3n) is 3.93. The number of likely N-dealkylation sites (tertiary alicyclic amines) is 1. The quantitative estimate of drug-likeness (QED) is 0.898. The van der Waals surface area contributed by atoms with Gasteiger partial charge in [-0.3, -0.25) is 9.59 Å². The third-order valence-corrected chi connectivity index (χ3v) is 4.51. The average Bonchev–Trinajstić information content (AvgIpc) is 2.93. The Bertz CT molecular complexity index is 611. The molecule has 0 aromatic heterocycles. The first kappa shape index (κ1) is 18.1. The van der Waals surface area contributed by atoms with Gasteiger partial charge in [-0.2, -0.15) is 0 Å². The van der Waals surface area contributed by atoms with Gasteiger partial charge in [0.1, 0.15) is 6.04 Å². The summed E-state index contributed by atoms with van der Waals surface area (Å²) in [7, 11) is 0. The Kier molecular flexibility index (Phi) is 5.58. The summed E-state index contributed by atoms with van der Waals surface area (Å²) in [6, 6.07) is 4.78. The summed E-state index contributed by atoms with van der Waals surface area (Å²) in [5, 5.41) is 3.96. The molecule has 0 spiro atoms. The topological polar surface area (TPSA) is 49.4 Å². The van der Waals surface area contributed by atoms with Gasteiger partial charge in [-0.15, -0.1) is 0 Å². The van der Waals surface area contributed by atoms with Crippen LogP contribution in [0.4, 0.5) is 0 Å². The lowest BCUT2D eigenvalue weighted by molar-refractivity contribution is -0.144. The number of halogens is 2. The zero-order valence-electron chi connectivity index (χ0n) is 13.7. The van der Waals surface area contributed by atoms with Gasteiger partial charge in [0.05, 0.1) is 0 Å². The van der Waals surface area contributed by atoms with Crippen molar-refractivity contribution in [2.75, 3.05) is 6.54 Å². The SMILES string of the molecule is CC(C)(C)C(=O)N1CCCC1C(=O)NCc1ccc(Cl)cc1Cl. The van der Waals surface area contributed by atoms with Crippen molar-refractivity contribution in [2.45, 2.75) is 46.2 Å². The van der Waals surface area contributed by atoms with Crippen molar-refractivity contribution in [3.8, 4) is 0 Å². The molecule has 0 saturated carbocycles. The smallest absolute Gasteiger partial charge is 0.243 e. The lowest BCUT2D eigenvalue weighted by atomic mass is 9.94. The van der Waals surface area contributed by atoms with Gasteiger partial charge in [0.25, 0.3) is 0 Å². The molecule has 1 aromatic rings. The second-order valence-corrected chi connectivity index (χ2v) is 7.70. The van der Waals surface area contributed by atoms with Crippen molar-refractivity contribution in [3.05, 3.63) is 33.8 Å². The highest BCUT2D eigenvalue weighted by atomic mass is 35.5. The van der Waals surface area contributed by atoms with E-state index in [0.29, 0.717) is 29.6 Å². The van der Waals surface area contributed by atoms with Crippen LogP contribution in [0.25, 0.3) is 0 Å². The number of nitrogens with zero attached hydrogens (tertiary/aromatic N) is 1. The molecule has 4 nitrogen and oxygen atoms in total. The van der Waals surface area contributed by atoms with Gasteiger partial charge in [0.15, 0.2) is 0 Å². The van der Waals surface area contributed by atoms with Crippen molar-refractivity contribution in [1.29, 1.82) is 0 Å². The molecule has 6 heteroatoms. The van der Waals surface area contributed by atoms with E-state index in [-0.39, 0.29) is 11.8 Å². The maximum absolute atomic E-state index is 12.5. The predicted molar refractivity (Wildman–Crippen MR) is 92.5 cm³/mol. The van der Waals surface area contributed by atoms with Crippen LogP contribution in [-0.4, -0.2) is 29.3 Å². The number of benzene rings is 1. The Morgan fingerprint density at radius 1 is 1.30 bits per heavy atom. The third kappa shape index (κ3) is 4.39. The summed E-state index contributed by atoms with van der Waals surface area (Å²) in [5.41, 5.74) is 0.318. The molecule has 126 valence electrons. The molecule has 1 heterocycles. The summed E-state index contributed by atoms with van der Waals surface area (Å²) in [5.74, 6) is -0.120. The fourth-order valence-electron chi connectivity index (χ4n) is 2.68. The number of carbonyl (C=O) groups is 2. The van der Waals surface area contributed by atoms with E-state index in [2.05, 4.69) is 5.32 Å². The van der Waals surface area contributed by atoms with E-state index in [1.165, 1.54) is 0 Å². The molecule has 1 atom stereocenters. The van der Waals surface area contributed by atoms with E-state index >= 15 is 0 Å². The van der Waals surface area contributed by atoms with Crippen molar-refractivity contribution >= 4 is 35.0 Å². The maximum Gasteiger partial charge on any atom is 0.243 e. The first-order valence-electron chi connectivity index (χ1n) is 7.73. The Hall–Kier alpha value is -1.26. The van der Waals surface area contributed by atoms with Crippen LogP contribution in [0.1, 0.15) is 39.2 Å². The molecule has 0 bridgehead atoms. The minimum absolute atomic E-state index is 0.0136. The highest BCUT2D eigenvalue weighted by Gasteiger charge is 2.38. The molecule has 1 saturated heterocycles. The summed E-state index contributed by atoms with van der Waals surface area (Å²) in [6.07, 6.45) is 1.55. The summed E-state index contributed by atoms with van der Waals surface area (Å²) >= 11 is 12.0. The van der Waals surface area contributed by atoms with Crippen LogP contribution in [-0.2, 0) is 16.1 Å². The van der Waals surface area contributed by atoms with Crippen molar-refractivity contribution in [1.82, 2.24) is 10.2 Å². The van der Waals surface area contributed by atoms with Crippen molar-refractivity contribution in [2.24, 2.45) is 5.41 Å². The monoisotopic (exact) mass is 356 g/mol. The fourth-order valence-corrected chi connectivity index (χ4v) is 3.15. The van der Waals surface area contributed by atoms with Crippen LogP contribution in [0.15, 0.2) is 18.2 Å². The van der Waals surface area contributed by atoms with Crippen LogP contribution in [0.5, 0.6) is 0 Å². The Labute approximate surface area is 147 Å². The lowest BCUT2D eigenvalue weighted by Crippen LogP contribution is -2.49. The predicted octanol–water partition coefficient (Wildman–Crippen LogP) is 3.65. The Morgan fingerprint density at radius 3 is 2.61 bits per heavy atom. The highest BCUT2D eigenvalue weighted by Crippen LogP contribution is 2.26. The molecule has 1 N–H and O–H groups in total. The van der Waals surface area contributed by atoms with E-state index in [1.54, 1.807) is 23.1 Å². The Morgan fingerprint density at radius 2 is 2.00 bits per heavy atom. The van der Waals surface area contributed by atoms with Gasteiger partial charge >= 0.3 is 0 Å². The van der Waals surface area contributed by atoms with E-state index in [9.17, 15) is 9.59 Å². The highest BCUT2D eigenvalue weighted by molar-refractivity contribution is 6.35. The van der Waals surface area contributed by atoms with Crippen LogP contribution >= 0.6 is 23.2 Å². The van der Waals surface area contributed by atoms with Gasteiger partial charge < -0.3 is 10.2 Å². The second kappa shape index (κ2) is 7.10. The molecule has 2 amide bonds. The fraction of sp³-hybridized carbons (Fsp3) is 0.529. The molecule has 1 unspecified atom stereocenters. The minimum atomic E-state index is -0.484. The molecular formula is C17H22Cl2N2O2. The van der Waals surface area contributed by atoms with Gasteiger partial charge in [0.2, 0.25) is 11.8 Å². The standard InChI is InChI=1S/C17H22Cl2N2O2/c1-17(2,3)16(23)21-8-4-5-14(21)15(22)20-10-11-6-7-12(18)9-13(11)19/h6-7,9,14H,4-5,8,10H2,1-3H3,(H,20,22). The van der Waals surface area contributed by atoms with Gasteiger partial charge in [0, 0.05) is 28.5 Å². The number of hydrogen-bond acceptors (Lipinski definition) is 2. The molecule has 1 aromatic carbocycles. The maximum atomic E-state index is 12.5. The van der Waals surface area contributed by atoms with Crippen LogP contribution in [0.3, 0.4) is 0 Å². The molecular weight excluding hydrogens is 335 g/mol. The first-order chi connectivity index (χ1) is 10.7. The summed E-state index contributed by atoms with van der Waals surface area (Å²) in [6.45, 7) is 6.57. The number of hydrogen-bond donors (Lipinski definition) is 1. The van der Waals surface area contributed by atoms with Crippen LogP contribution in [0.2, 0.25) is 10.0 Å². The molecule has 0 aliphatic carbocycles.